The van der Waals surface area contributed by atoms with Crippen molar-refractivity contribution in [3.05, 3.63) is 64.7 Å². The molecule has 2 aliphatic heterocycles. The van der Waals surface area contributed by atoms with Gasteiger partial charge in [0.15, 0.2) is 0 Å². The van der Waals surface area contributed by atoms with Crippen LogP contribution in [0.15, 0.2) is 53.6 Å². The van der Waals surface area contributed by atoms with Crippen molar-refractivity contribution in [3.8, 4) is 0 Å². The lowest BCUT2D eigenvalue weighted by Crippen LogP contribution is -2.42. The molecule has 2 N–H and O–H groups in total. The van der Waals surface area contributed by atoms with Crippen LogP contribution in [0.2, 0.25) is 0 Å². The molecule has 1 aromatic carbocycles. The summed E-state index contributed by atoms with van der Waals surface area (Å²) in [5.41, 5.74) is 1.52. The maximum atomic E-state index is 13.0. The quantitative estimate of drug-likeness (QED) is 0.685. The van der Waals surface area contributed by atoms with Gasteiger partial charge in [-0.15, -0.1) is 0 Å². The van der Waals surface area contributed by atoms with Crippen molar-refractivity contribution in [2.75, 3.05) is 23.3 Å². The van der Waals surface area contributed by atoms with Gasteiger partial charge in [0, 0.05) is 48.2 Å². The second-order valence-electron chi connectivity index (χ2n) is 7.40. The third-order valence-electron chi connectivity index (χ3n) is 5.62. The molecule has 28 heavy (non-hydrogen) atoms. The van der Waals surface area contributed by atoms with Crippen LogP contribution < -0.4 is 15.8 Å². The van der Waals surface area contributed by atoms with Crippen LogP contribution in [-0.2, 0) is 6.54 Å². The van der Waals surface area contributed by atoms with Gasteiger partial charge in [-0.1, -0.05) is 12.1 Å². The molecular formula is C21H21N5O2. The molecule has 142 valence electrons. The van der Waals surface area contributed by atoms with Crippen molar-refractivity contribution in [1.29, 1.82) is 0 Å². The lowest BCUT2D eigenvalue weighted by Gasteiger charge is -2.27. The standard InChI is InChI=1S/C21H21N5O2/c27-20-18-11-16(6-5-14(18)7-9-23-20)24-21(28)25-12-15-3-1-8-22-19(15)26-10-2-4-17(26)13-25/h1,3,5-9,11,17H,2,4,10,12-13H2,(H,23,27)(H,24,28)/t17-/m1/s1. The molecule has 5 rings (SSSR count). The number of H-pyrrole nitrogens is 1. The molecule has 0 spiro atoms. The second kappa shape index (κ2) is 6.67. The molecule has 0 radical (unpaired) electrons. The second-order valence-corrected chi connectivity index (χ2v) is 7.40. The van der Waals surface area contributed by atoms with Gasteiger partial charge in [-0.3, -0.25) is 4.79 Å². The van der Waals surface area contributed by atoms with Crippen LogP contribution in [0, 0.1) is 0 Å². The highest BCUT2D eigenvalue weighted by Gasteiger charge is 2.33. The van der Waals surface area contributed by atoms with E-state index in [0.29, 0.717) is 30.2 Å². The van der Waals surface area contributed by atoms with Crippen molar-refractivity contribution in [3.63, 3.8) is 0 Å². The van der Waals surface area contributed by atoms with E-state index in [0.717, 1.165) is 36.2 Å². The van der Waals surface area contributed by atoms with Crippen molar-refractivity contribution in [2.24, 2.45) is 0 Å². The highest BCUT2D eigenvalue weighted by molar-refractivity contribution is 5.93. The molecule has 1 saturated heterocycles. The molecule has 2 aromatic heterocycles. The van der Waals surface area contributed by atoms with Crippen molar-refractivity contribution < 1.29 is 4.79 Å². The zero-order valence-corrected chi connectivity index (χ0v) is 15.4. The SMILES string of the molecule is O=C(Nc1ccc2cc[nH]c(=O)c2c1)N1Cc2cccnc2N2CCC[C@@H]2C1. The number of fused-ring (bicyclic) bond motifs is 4. The molecule has 7 heteroatoms. The number of nitrogens with zero attached hydrogens (tertiary/aromatic N) is 3. The van der Waals surface area contributed by atoms with E-state index in [4.69, 9.17) is 0 Å². The maximum Gasteiger partial charge on any atom is 0.322 e. The molecule has 4 heterocycles. The van der Waals surface area contributed by atoms with Gasteiger partial charge in [0.2, 0.25) is 0 Å². The number of carbonyl (C=O) groups is 1. The van der Waals surface area contributed by atoms with Gasteiger partial charge in [-0.25, -0.2) is 9.78 Å². The maximum absolute atomic E-state index is 13.0. The summed E-state index contributed by atoms with van der Waals surface area (Å²) in [5.74, 6) is 0.998. The first-order chi connectivity index (χ1) is 13.7. The van der Waals surface area contributed by atoms with E-state index in [1.165, 1.54) is 0 Å². The Morgan fingerprint density at radius 3 is 3.11 bits per heavy atom. The fourth-order valence-corrected chi connectivity index (χ4v) is 4.26. The molecule has 0 bridgehead atoms. The topological polar surface area (TPSA) is 81.3 Å². The van der Waals surface area contributed by atoms with Gasteiger partial charge >= 0.3 is 6.03 Å². The van der Waals surface area contributed by atoms with Gasteiger partial charge in [-0.2, -0.15) is 0 Å². The van der Waals surface area contributed by atoms with Crippen molar-refractivity contribution >= 4 is 28.3 Å². The summed E-state index contributed by atoms with van der Waals surface area (Å²) in [4.78, 5) is 36.5. The van der Waals surface area contributed by atoms with Gasteiger partial charge < -0.3 is 20.1 Å². The van der Waals surface area contributed by atoms with E-state index in [1.807, 2.05) is 41.4 Å². The fourth-order valence-electron chi connectivity index (χ4n) is 4.26. The molecule has 7 nitrogen and oxygen atoms in total. The van der Waals surface area contributed by atoms with E-state index in [-0.39, 0.29) is 11.6 Å². The summed E-state index contributed by atoms with van der Waals surface area (Å²) in [5, 5.41) is 4.37. The van der Waals surface area contributed by atoms with Crippen LogP contribution in [0.5, 0.6) is 0 Å². The Labute approximate surface area is 162 Å². The van der Waals surface area contributed by atoms with Gasteiger partial charge in [0.25, 0.3) is 5.56 Å². The highest BCUT2D eigenvalue weighted by atomic mass is 16.2. The molecule has 0 aliphatic carbocycles. The Hall–Kier alpha value is -3.35. The van der Waals surface area contributed by atoms with E-state index in [1.54, 1.807) is 12.3 Å². The Balaban J connectivity index is 1.42. The number of nitrogens with one attached hydrogen (secondary N) is 2. The number of hydrogen-bond acceptors (Lipinski definition) is 4. The summed E-state index contributed by atoms with van der Waals surface area (Å²) in [6.45, 7) is 2.17. The van der Waals surface area contributed by atoms with Crippen molar-refractivity contribution in [2.45, 2.75) is 25.4 Å². The van der Waals surface area contributed by atoms with Crippen LogP contribution in [0.1, 0.15) is 18.4 Å². The molecule has 0 saturated carbocycles. The molecule has 1 fully saturated rings. The molecule has 2 aliphatic rings. The monoisotopic (exact) mass is 375 g/mol. The predicted octanol–water partition coefficient (Wildman–Crippen LogP) is 2.94. The van der Waals surface area contributed by atoms with Crippen LogP contribution in [0.3, 0.4) is 0 Å². The minimum atomic E-state index is -0.162. The summed E-state index contributed by atoms with van der Waals surface area (Å²) in [7, 11) is 0. The summed E-state index contributed by atoms with van der Waals surface area (Å²) in [6.07, 6.45) is 5.62. The summed E-state index contributed by atoms with van der Waals surface area (Å²) >= 11 is 0. The van der Waals surface area contributed by atoms with Crippen LogP contribution >= 0.6 is 0 Å². The third-order valence-corrected chi connectivity index (χ3v) is 5.62. The fraction of sp³-hybridized carbons (Fsp3) is 0.286. The van der Waals surface area contributed by atoms with Gasteiger partial charge in [0.1, 0.15) is 5.82 Å². The largest absolute Gasteiger partial charge is 0.352 e. The minimum absolute atomic E-state index is 0.157. The Kier molecular flexibility index (Phi) is 4.00. The van der Waals surface area contributed by atoms with Crippen LogP contribution in [-0.4, -0.2) is 40.0 Å². The van der Waals surface area contributed by atoms with E-state index in [9.17, 15) is 9.59 Å². The van der Waals surface area contributed by atoms with Crippen LogP contribution in [0.25, 0.3) is 10.8 Å². The first kappa shape index (κ1) is 16.8. The number of pyridine rings is 2. The van der Waals surface area contributed by atoms with Gasteiger partial charge in [-0.05, 0) is 42.5 Å². The normalized spacial score (nSPS) is 18.5. The molecule has 2 amide bonds. The third kappa shape index (κ3) is 2.89. The Morgan fingerprint density at radius 2 is 2.18 bits per heavy atom. The molecular weight excluding hydrogens is 354 g/mol. The Bertz CT molecular complexity index is 1110. The summed E-state index contributed by atoms with van der Waals surface area (Å²) < 4.78 is 0. The van der Waals surface area contributed by atoms with Crippen LogP contribution in [0.4, 0.5) is 16.3 Å². The Morgan fingerprint density at radius 1 is 1.25 bits per heavy atom. The highest BCUT2D eigenvalue weighted by Crippen LogP contribution is 2.31. The zero-order valence-electron chi connectivity index (χ0n) is 15.4. The number of aromatic amines is 1. The number of anilines is 2. The average Bonchev–Trinajstić information content (AvgIpc) is 3.10. The predicted molar refractivity (Wildman–Crippen MR) is 109 cm³/mol. The number of urea groups is 1. The minimum Gasteiger partial charge on any atom is -0.352 e. The van der Waals surface area contributed by atoms with E-state index < -0.39 is 0 Å². The molecule has 1 atom stereocenters. The average molecular weight is 375 g/mol. The number of carbonyl (C=O) groups excluding carboxylic acids is 1. The first-order valence-corrected chi connectivity index (χ1v) is 9.57. The smallest absolute Gasteiger partial charge is 0.322 e. The molecule has 3 aromatic rings. The number of benzene rings is 1. The van der Waals surface area contributed by atoms with Crippen molar-refractivity contribution in [1.82, 2.24) is 14.9 Å². The number of hydrogen-bond donors (Lipinski definition) is 2. The number of amides is 2. The zero-order chi connectivity index (χ0) is 19.1. The summed E-state index contributed by atoms with van der Waals surface area (Å²) in [6, 6.07) is 11.3. The van der Waals surface area contributed by atoms with E-state index in [2.05, 4.69) is 20.2 Å². The lowest BCUT2D eigenvalue weighted by atomic mass is 10.1. The van der Waals surface area contributed by atoms with Gasteiger partial charge in [0.05, 0.1) is 6.54 Å². The number of aromatic nitrogens is 2. The first-order valence-electron chi connectivity index (χ1n) is 9.57. The molecule has 0 unspecified atom stereocenters. The number of rotatable bonds is 1. The lowest BCUT2D eigenvalue weighted by molar-refractivity contribution is 0.207. The van der Waals surface area contributed by atoms with E-state index >= 15 is 0 Å².